The van der Waals surface area contributed by atoms with Gasteiger partial charge in [-0.25, -0.2) is 9.59 Å². The number of carboxylic acid groups (broad SMARTS) is 2. The average Bonchev–Trinajstić information content (AvgIpc) is 3.60. The quantitative estimate of drug-likeness (QED) is 0.371. The lowest BCUT2D eigenvalue weighted by Gasteiger charge is -2.22. The number of nitrogens with one attached hydrogen (secondary N) is 1. The van der Waals surface area contributed by atoms with Crippen molar-refractivity contribution in [2.75, 3.05) is 13.1 Å². The van der Waals surface area contributed by atoms with Crippen molar-refractivity contribution >= 4 is 17.8 Å². The van der Waals surface area contributed by atoms with Crippen LogP contribution in [-0.4, -0.2) is 68.5 Å². The SMILES string of the molecule is Cc1cc(C(=O)N[C@@H]2c3ccccc3[C@@H]3CN(Cc4ccncc4)C[C@H]23)no1.O=C(O)C(F)(F)F.O=C(O)C(F)(F)F. The van der Waals surface area contributed by atoms with Crippen LogP contribution in [0.15, 0.2) is 59.4 Å². The van der Waals surface area contributed by atoms with Crippen molar-refractivity contribution in [2.24, 2.45) is 5.92 Å². The largest absolute Gasteiger partial charge is 0.490 e. The number of fused-ring (bicyclic) bond motifs is 3. The Morgan fingerprint density at radius 3 is 2.00 bits per heavy atom. The Bertz CT molecular complexity index is 1370. The van der Waals surface area contributed by atoms with Crippen molar-refractivity contribution in [1.82, 2.24) is 20.4 Å². The summed E-state index contributed by atoms with van der Waals surface area (Å²) in [6, 6.07) is 14.3. The Hall–Kier alpha value is -4.47. The van der Waals surface area contributed by atoms with Gasteiger partial charge in [-0.3, -0.25) is 14.7 Å². The van der Waals surface area contributed by atoms with Gasteiger partial charge in [-0.15, -0.1) is 0 Å². The number of carbonyl (C=O) groups is 3. The van der Waals surface area contributed by atoms with E-state index in [-0.39, 0.29) is 11.9 Å². The molecular weight excluding hydrogens is 578 g/mol. The molecule has 0 radical (unpaired) electrons. The maximum atomic E-state index is 12.7. The van der Waals surface area contributed by atoms with Gasteiger partial charge in [0, 0.05) is 49.9 Å². The van der Waals surface area contributed by atoms with E-state index in [2.05, 4.69) is 50.7 Å². The fourth-order valence-corrected chi connectivity index (χ4v) is 4.69. The summed E-state index contributed by atoms with van der Waals surface area (Å²) < 4.78 is 68.5. The number of rotatable bonds is 4. The van der Waals surface area contributed by atoms with Crippen LogP contribution < -0.4 is 5.32 Å². The van der Waals surface area contributed by atoms with Crippen LogP contribution in [0, 0.1) is 12.8 Å². The molecule has 42 heavy (non-hydrogen) atoms. The normalized spacial score (nSPS) is 19.4. The number of carbonyl (C=O) groups excluding carboxylic acids is 1. The molecule has 0 saturated carbocycles. The highest BCUT2D eigenvalue weighted by Crippen LogP contribution is 2.49. The minimum absolute atomic E-state index is 0.00635. The molecule has 226 valence electrons. The van der Waals surface area contributed by atoms with Crippen molar-refractivity contribution < 1.29 is 55.5 Å². The Kier molecular flexibility index (Phi) is 9.93. The second kappa shape index (κ2) is 13.0. The third kappa shape index (κ3) is 8.28. The number of hydrogen-bond donors (Lipinski definition) is 3. The molecule has 0 unspecified atom stereocenters. The molecule has 3 aromatic rings. The van der Waals surface area contributed by atoms with E-state index in [0.29, 0.717) is 23.3 Å². The van der Waals surface area contributed by atoms with Gasteiger partial charge in [0.25, 0.3) is 5.91 Å². The van der Waals surface area contributed by atoms with Gasteiger partial charge in [-0.1, -0.05) is 29.4 Å². The Morgan fingerprint density at radius 1 is 0.952 bits per heavy atom. The number of pyridine rings is 1. The molecule has 0 spiro atoms. The molecule has 10 nitrogen and oxygen atoms in total. The molecule has 1 saturated heterocycles. The fraction of sp³-hybridized carbons (Fsp3) is 0.346. The Balaban J connectivity index is 0.000000289. The topological polar surface area (TPSA) is 146 Å². The van der Waals surface area contributed by atoms with Crippen LogP contribution in [0.5, 0.6) is 0 Å². The van der Waals surface area contributed by atoms with Crippen LogP contribution in [0.3, 0.4) is 0 Å². The highest BCUT2D eigenvalue weighted by Gasteiger charge is 2.46. The van der Waals surface area contributed by atoms with Gasteiger partial charge in [-0.05, 0) is 35.7 Å². The highest BCUT2D eigenvalue weighted by molar-refractivity contribution is 5.92. The molecule has 2 aliphatic rings. The standard InChI is InChI=1S/C22H22N4O2.2C2HF3O2/c1-14-10-20(25-28-14)22(27)24-21-17-5-3-2-4-16(17)18-12-26(13-19(18)21)11-15-6-8-23-9-7-15;2*3-2(4,5)1(6)7/h2-10,18-19,21H,11-13H2,1H3,(H,24,27);2*(H,6,7)/t18-,19-,21+;;/m0../s1. The molecule has 16 heteroatoms. The van der Waals surface area contributed by atoms with E-state index in [0.717, 1.165) is 19.6 Å². The molecular formula is C26H24F6N4O6. The molecule has 3 atom stereocenters. The van der Waals surface area contributed by atoms with Crippen molar-refractivity contribution in [1.29, 1.82) is 0 Å². The van der Waals surface area contributed by atoms with E-state index < -0.39 is 24.3 Å². The van der Waals surface area contributed by atoms with E-state index >= 15 is 0 Å². The molecule has 1 fully saturated rings. The number of carboxylic acids is 2. The lowest BCUT2D eigenvalue weighted by atomic mass is 9.94. The zero-order valence-corrected chi connectivity index (χ0v) is 21.7. The summed E-state index contributed by atoms with van der Waals surface area (Å²) in [6.07, 6.45) is -6.49. The third-order valence-electron chi connectivity index (χ3n) is 6.39. The van der Waals surface area contributed by atoms with Crippen molar-refractivity contribution in [2.45, 2.75) is 37.8 Å². The van der Waals surface area contributed by atoms with Gasteiger partial charge in [0.15, 0.2) is 5.69 Å². The third-order valence-corrected chi connectivity index (χ3v) is 6.39. The molecule has 0 bridgehead atoms. The molecule has 1 aliphatic carbocycles. The van der Waals surface area contributed by atoms with Crippen LogP contribution in [0.25, 0.3) is 0 Å². The smallest absolute Gasteiger partial charge is 0.475 e. The predicted octanol–water partition coefficient (Wildman–Crippen LogP) is 4.34. The molecule has 2 aromatic heterocycles. The Labute approximate surface area is 233 Å². The van der Waals surface area contributed by atoms with Crippen molar-refractivity contribution in [3.05, 3.63) is 83.0 Å². The summed E-state index contributed by atoms with van der Waals surface area (Å²) in [6.45, 7) is 4.64. The summed E-state index contributed by atoms with van der Waals surface area (Å²) in [7, 11) is 0. The molecule has 3 N–H and O–H groups in total. The molecule has 1 aromatic carbocycles. The lowest BCUT2D eigenvalue weighted by Crippen LogP contribution is -2.33. The summed E-state index contributed by atoms with van der Waals surface area (Å²) >= 11 is 0. The molecule has 1 amide bonds. The van der Waals surface area contributed by atoms with Crippen LogP contribution >= 0.6 is 0 Å². The maximum Gasteiger partial charge on any atom is 0.490 e. The minimum atomic E-state index is -5.08. The monoisotopic (exact) mass is 602 g/mol. The number of aryl methyl sites for hydroxylation is 1. The van der Waals surface area contributed by atoms with Crippen LogP contribution in [0.2, 0.25) is 0 Å². The zero-order valence-electron chi connectivity index (χ0n) is 21.7. The van der Waals surface area contributed by atoms with E-state index in [4.69, 9.17) is 24.3 Å². The van der Waals surface area contributed by atoms with Crippen LogP contribution in [0.1, 0.15) is 44.9 Å². The second-order valence-electron chi connectivity index (χ2n) is 9.33. The first kappa shape index (κ1) is 32.0. The lowest BCUT2D eigenvalue weighted by molar-refractivity contribution is -0.193. The van der Waals surface area contributed by atoms with Crippen LogP contribution in [-0.2, 0) is 16.1 Å². The van der Waals surface area contributed by atoms with Crippen molar-refractivity contribution in [3.63, 3.8) is 0 Å². The summed E-state index contributed by atoms with van der Waals surface area (Å²) in [5.74, 6) is -4.26. The molecule has 1 aliphatic heterocycles. The Morgan fingerprint density at radius 2 is 1.50 bits per heavy atom. The van der Waals surface area contributed by atoms with E-state index in [1.807, 2.05) is 18.5 Å². The number of nitrogens with zero attached hydrogens (tertiary/aromatic N) is 3. The van der Waals surface area contributed by atoms with Gasteiger partial charge >= 0.3 is 24.3 Å². The van der Waals surface area contributed by atoms with Gasteiger partial charge in [0.2, 0.25) is 0 Å². The number of halogens is 6. The number of benzene rings is 1. The summed E-state index contributed by atoms with van der Waals surface area (Å²) in [4.78, 5) is 37.1. The van der Waals surface area contributed by atoms with Crippen molar-refractivity contribution in [3.8, 4) is 0 Å². The number of amides is 1. The zero-order chi connectivity index (χ0) is 31.2. The number of aliphatic carboxylic acids is 2. The number of alkyl halides is 6. The summed E-state index contributed by atoms with van der Waals surface area (Å²) in [5.41, 5.74) is 4.19. The first-order valence-electron chi connectivity index (χ1n) is 12.1. The average molecular weight is 602 g/mol. The van der Waals surface area contributed by atoms with E-state index in [1.54, 1.807) is 13.0 Å². The maximum absolute atomic E-state index is 12.7. The fourth-order valence-electron chi connectivity index (χ4n) is 4.69. The predicted molar refractivity (Wildman–Crippen MR) is 131 cm³/mol. The minimum Gasteiger partial charge on any atom is -0.475 e. The van der Waals surface area contributed by atoms with Gasteiger partial charge in [0.05, 0.1) is 6.04 Å². The van der Waals surface area contributed by atoms with Gasteiger partial charge in [-0.2, -0.15) is 26.3 Å². The number of aromatic nitrogens is 2. The summed E-state index contributed by atoms with van der Waals surface area (Å²) in [5, 5.41) is 21.3. The first-order valence-corrected chi connectivity index (χ1v) is 12.1. The first-order chi connectivity index (χ1) is 19.6. The molecule has 5 rings (SSSR count). The number of hydrogen-bond acceptors (Lipinski definition) is 7. The second-order valence-corrected chi connectivity index (χ2v) is 9.33. The van der Waals surface area contributed by atoms with Gasteiger partial charge < -0.3 is 20.1 Å². The van der Waals surface area contributed by atoms with Crippen LogP contribution in [0.4, 0.5) is 26.3 Å². The van der Waals surface area contributed by atoms with E-state index in [1.165, 1.54) is 16.7 Å². The number of likely N-dealkylation sites (tertiary alicyclic amines) is 1. The van der Waals surface area contributed by atoms with E-state index in [9.17, 15) is 31.1 Å². The molecule has 3 heterocycles. The van der Waals surface area contributed by atoms with Gasteiger partial charge in [0.1, 0.15) is 5.76 Å². The highest BCUT2D eigenvalue weighted by atomic mass is 19.4.